The Morgan fingerprint density at radius 3 is 2.63 bits per heavy atom. The van der Waals surface area contributed by atoms with Gasteiger partial charge in [0.05, 0.1) is 12.6 Å². The topological polar surface area (TPSA) is 54.1 Å². The van der Waals surface area contributed by atoms with Gasteiger partial charge in [0.25, 0.3) is 0 Å². The number of aryl methyl sites for hydroxylation is 2. The Bertz CT molecular complexity index is 988. The summed E-state index contributed by atoms with van der Waals surface area (Å²) >= 11 is 0. The summed E-state index contributed by atoms with van der Waals surface area (Å²) in [6, 6.07) is 10.7. The third kappa shape index (κ3) is 4.19. The molecule has 0 aliphatic heterocycles. The summed E-state index contributed by atoms with van der Waals surface area (Å²) in [7, 11) is 1.61. The predicted octanol–water partition coefficient (Wildman–Crippen LogP) is 4.30. The maximum Gasteiger partial charge on any atom is 0.244 e. The van der Waals surface area contributed by atoms with Crippen LogP contribution in [0.5, 0.6) is 5.75 Å². The van der Waals surface area contributed by atoms with E-state index in [9.17, 15) is 9.18 Å². The highest BCUT2D eigenvalue weighted by Gasteiger charge is 2.13. The lowest BCUT2D eigenvalue weighted by atomic mass is 10.0. The molecule has 0 spiro atoms. The van der Waals surface area contributed by atoms with Gasteiger partial charge in [0.15, 0.2) is 0 Å². The molecule has 0 saturated heterocycles. The fraction of sp³-hybridized carbons (Fsp3) is 0.227. The standard InChI is InChI=1S/C22H23FN2O2/c1-14-4-10-19(23)22-21(14)18(15(2)25-22)12-13-24-20(26)11-7-16-5-8-17(27-3)9-6-16/h4-11,25H,12-13H2,1-3H3,(H,24,26). The van der Waals surface area contributed by atoms with Gasteiger partial charge in [0.2, 0.25) is 5.91 Å². The molecule has 2 aromatic carbocycles. The number of carbonyl (C=O) groups excluding carboxylic acids is 1. The van der Waals surface area contributed by atoms with Gasteiger partial charge in [-0.25, -0.2) is 4.39 Å². The Balaban J connectivity index is 1.62. The molecule has 3 aromatic rings. The fourth-order valence-electron chi connectivity index (χ4n) is 3.21. The lowest BCUT2D eigenvalue weighted by molar-refractivity contribution is -0.116. The summed E-state index contributed by atoms with van der Waals surface area (Å²) in [5.41, 5.74) is 4.46. The smallest absolute Gasteiger partial charge is 0.244 e. The largest absolute Gasteiger partial charge is 0.497 e. The number of fused-ring (bicyclic) bond motifs is 1. The molecule has 0 bridgehead atoms. The van der Waals surface area contributed by atoms with Crippen molar-refractivity contribution in [3.05, 3.63) is 70.7 Å². The second-order valence-electron chi connectivity index (χ2n) is 6.49. The zero-order valence-electron chi connectivity index (χ0n) is 15.7. The highest BCUT2D eigenvalue weighted by atomic mass is 19.1. The van der Waals surface area contributed by atoms with E-state index in [0.717, 1.165) is 33.5 Å². The van der Waals surface area contributed by atoms with E-state index in [-0.39, 0.29) is 11.7 Å². The Labute approximate surface area is 158 Å². The number of carbonyl (C=O) groups is 1. The molecule has 27 heavy (non-hydrogen) atoms. The van der Waals surface area contributed by atoms with Crippen LogP contribution in [0.25, 0.3) is 17.0 Å². The minimum absolute atomic E-state index is 0.161. The number of aromatic nitrogens is 1. The van der Waals surface area contributed by atoms with Crippen LogP contribution in [0, 0.1) is 19.7 Å². The molecular weight excluding hydrogens is 343 g/mol. The van der Waals surface area contributed by atoms with Crippen LogP contribution in [0.15, 0.2) is 42.5 Å². The van der Waals surface area contributed by atoms with Gasteiger partial charge in [-0.05, 0) is 61.2 Å². The van der Waals surface area contributed by atoms with Crippen molar-refractivity contribution in [2.75, 3.05) is 13.7 Å². The molecule has 0 saturated carbocycles. The summed E-state index contributed by atoms with van der Waals surface area (Å²) < 4.78 is 19.1. The van der Waals surface area contributed by atoms with E-state index in [1.165, 1.54) is 12.1 Å². The lowest BCUT2D eigenvalue weighted by Gasteiger charge is -2.05. The van der Waals surface area contributed by atoms with Crippen LogP contribution in [-0.4, -0.2) is 24.5 Å². The third-order valence-electron chi connectivity index (χ3n) is 4.65. The number of amides is 1. The van der Waals surface area contributed by atoms with Gasteiger partial charge in [-0.15, -0.1) is 0 Å². The Hall–Kier alpha value is -3.08. The van der Waals surface area contributed by atoms with Crippen molar-refractivity contribution >= 4 is 22.9 Å². The first-order chi connectivity index (χ1) is 13.0. The van der Waals surface area contributed by atoms with Crippen LogP contribution in [0.4, 0.5) is 4.39 Å². The van der Waals surface area contributed by atoms with Crippen LogP contribution >= 0.6 is 0 Å². The third-order valence-corrected chi connectivity index (χ3v) is 4.65. The van der Waals surface area contributed by atoms with Crippen LogP contribution < -0.4 is 10.1 Å². The van der Waals surface area contributed by atoms with Crippen molar-refractivity contribution in [1.29, 1.82) is 0 Å². The summed E-state index contributed by atoms with van der Waals surface area (Å²) in [5.74, 6) is 0.361. The maximum atomic E-state index is 14.0. The van der Waals surface area contributed by atoms with Crippen molar-refractivity contribution in [2.24, 2.45) is 0 Å². The first-order valence-corrected chi connectivity index (χ1v) is 8.86. The summed E-state index contributed by atoms with van der Waals surface area (Å²) in [6.07, 6.45) is 3.90. The first kappa shape index (κ1) is 18.7. The van der Waals surface area contributed by atoms with Crippen molar-refractivity contribution in [1.82, 2.24) is 10.3 Å². The van der Waals surface area contributed by atoms with Crippen LogP contribution in [0.2, 0.25) is 0 Å². The normalized spacial score (nSPS) is 11.3. The number of rotatable bonds is 6. The molecule has 1 aromatic heterocycles. The number of methoxy groups -OCH3 is 1. The van der Waals surface area contributed by atoms with Crippen molar-refractivity contribution in [2.45, 2.75) is 20.3 Å². The number of hydrogen-bond donors (Lipinski definition) is 2. The van der Waals surface area contributed by atoms with Gasteiger partial charge in [0, 0.05) is 23.7 Å². The van der Waals surface area contributed by atoms with Gasteiger partial charge in [0.1, 0.15) is 11.6 Å². The SMILES string of the molecule is COc1ccc(C=CC(=O)NCCc2c(C)[nH]c3c(F)ccc(C)c23)cc1. The molecule has 1 amide bonds. The molecule has 4 nitrogen and oxygen atoms in total. The molecule has 0 radical (unpaired) electrons. The van der Waals surface area contributed by atoms with Crippen LogP contribution in [-0.2, 0) is 11.2 Å². The molecule has 0 aliphatic rings. The number of H-pyrrole nitrogens is 1. The van der Waals surface area contributed by atoms with Gasteiger partial charge >= 0.3 is 0 Å². The second-order valence-corrected chi connectivity index (χ2v) is 6.49. The summed E-state index contributed by atoms with van der Waals surface area (Å²) in [5, 5.41) is 3.79. The second kappa shape index (κ2) is 8.08. The minimum atomic E-state index is -0.253. The minimum Gasteiger partial charge on any atom is -0.497 e. The van der Waals surface area contributed by atoms with Crippen molar-refractivity contribution < 1.29 is 13.9 Å². The summed E-state index contributed by atoms with van der Waals surface area (Å²) in [6.45, 7) is 4.38. The van der Waals surface area contributed by atoms with E-state index in [1.807, 2.05) is 38.1 Å². The van der Waals surface area contributed by atoms with Gasteiger partial charge in [-0.2, -0.15) is 0 Å². The monoisotopic (exact) mass is 366 g/mol. The molecule has 0 fully saturated rings. The number of nitrogens with one attached hydrogen (secondary N) is 2. The number of halogens is 1. The Kier molecular flexibility index (Phi) is 5.60. The van der Waals surface area contributed by atoms with E-state index in [1.54, 1.807) is 19.3 Å². The van der Waals surface area contributed by atoms with Crippen LogP contribution in [0.3, 0.4) is 0 Å². The molecule has 1 heterocycles. The van der Waals surface area contributed by atoms with E-state index >= 15 is 0 Å². The molecule has 2 N–H and O–H groups in total. The fourth-order valence-corrected chi connectivity index (χ4v) is 3.21. The van der Waals surface area contributed by atoms with E-state index < -0.39 is 0 Å². The predicted molar refractivity (Wildman–Crippen MR) is 106 cm³/mol. The van der Waals surface area contributed by atoms with E-state index in [2.05, 4.69) is 10.3 Å². The van der Waals surface area contributed by atoms with E-state index in [4.69, 9.17) is 4.74 Å². The molecule has 140 valence electrons. The molecule has 0 unspecified atom stereocenters. The summed E-state index contributed by atoms with van der Waals surface area (Å²) in [4.78, 5) is 15.2. The van der Waals surface area contributed by atoms with Crippen molar-refractivity contribution in [3.63, 3.8) is 0 Å². The van der Waals surface area contributed by atoms with E-state index in [0.29, 0.717) is 18.5 Å². The highest BCUT2D eigenvalue weighted by molar-refractivity contribution is 5.92. The molecule has 3 rings (SSSR count). The van der Waals surface area contributed by atoms with Crippen LogP contribution in [0.1, 0.15) is 22.4 Å². The highest BCUT2D eigenvalue weighted by Crippen LogP contribution is 2.27. The van der Waals surface area contributed by atoms with Crippen molar-refractivity contribution in [3.8, 4) is 5.75 Å². The average Bonchev–Trinajstić information content (AvgIpc) is 3.01. The van der Waals surface area contributed by atoms with Gasteiger partial charge in [-0.3, -0.25) is 4.79 Å². The molecule has 5 heteroatoms. The maximum absolute atomic E-state index is 14.0. The Morgan fingerprint density at radius 2 is 1.93 bits per heavy atom. The zero-order valence-corrected chi connectivity index (χ0v) is 15.7. The number of benzene rings is 2. The number of ether oxygens (including phenoxy) is 1. The van der Waals surface area contributed by atoms with Gasteiger partial charge < -0.3 is 15.0 Å². The first-order valence-electron chi connectivity index (χ1n) is 8.86. The number of hydrogen-bond acceptors (Lipinski definition) is 2. The molecular formula is C22H23FN2O2. The molecule has 0 aliphatic carbocycles. The quantitative estimate of drug-likeness (QED) is 0.639. The zero-order chi connectivity index (χ0) is 19.4. The molecule has 0 atom stereocenters. The lowest BCUT2D eigenvalue weighted by Crippen LogP contribution is -2.23. The average molecular weight is 366 g/mol. The number of aromatic amines is 1. The van der Waals surface area contributed by atoms with Gasteiger partial charge in [-0.1, -0.05) is 18.2 Å². The Morgan fingerprint density at radius 1 is 1.19 bits per heavy atom.